The molecule has 0 aliphatic heterocycles. The van der Waals surface area contributed by atoms with Gasteiger partial charge in [-0.1, -0.05) is 19.1 Å². The molecule has 0 heterocycles. The zero-order chi connectivity index (χ0) is 28.0. The van der Waals surface area contributed by atoms with Crippen molar-refractivity contribution in [1.29, 1.82) is 0 Å². The van der Waals surface area contributed by atoms with Crippen LogP contribution in [0.4, 0.5) is 35.1 Å². The molecule has 0 atom stereocenters. The Kier molecular flexibility index (Phi) is 9.59. The van der Waals surface area contributed by atoms with Crippen LogP contribution in [-0.2, 0) is 4.79 Å². The summed E-state index contributed by atoms with van der Waals surface area (Å²) in [6.07, 6.45) is 3.33. The van der Waals surface area contributed by atoms with E-state index in [2.05, 4.69) is 18.9 Å². The maximum atomic E-state index is 13.1. The molecule has 0 N–H and O–H groups in total. The largest absolute Gasteiger partial charge is 0.431 e. The van der Waals surface area contributed by atoms with E-state index >= 15 is 0 Å². The number of hydrogen-bond donors (Lipinski definition) is 0. The van der Waals surface area contributed by atoms with Gasteiger partial charge in [0.25, 0.3) is 0 Å². The van der Waals surface area contributed by atoms with Gasteiger partial charge in [-0.25, -0.2) is 0 Å². The van der Waals surface area contributed by atoms with Gasteiger partial charge in [-0.05, 0) is 66.3 Å². The molecule has 0 amide bonds. The molecule has 3 rings (SSSR count). The molecule has 1 aliphatic rings. The first-order valence-corrected chi connectivity index (χ1v) is 10.9. The van der Waals surface area contributed by atoms with Gasteiger partial charge in [0, 0.05) is 11.1 Å². The van der Waals surface area contributed by atoms with E-state index in [0.717, 1.165) is 24.3 Å². The number of ether oxygens (including phenoxy) is 4. The fraction of sp³-hybridized carbons (Fsp3) is 0.320. The minimum absolute atomic E-state index is 0.0818. The molecular formula is C25H20F8O5. The Bertz CT molecular complexity index is 1110. The van der Waals surface area contributed by atoms with Crippen LogP contribution in [0.5, 0.6) is 23.0 Å². The number of allylic oxidation sites excluding steroid dienone is 2. The number of carbonyl (C=O) groups is 1. The molecular weight excluding hydrogens is 532 g/mol. The third-order valence-electron chi connectivity index (χ3n) is 5.20. The molecule has 2 aromatic carbocycles. The highest BCUT2D eigenvalue weighted by molar-refractivity contribution is 6.14. The first-order valence-electron chi connectivity index (χ1n) is 10.9. The van der Waals surface area contributed by atoms with Crippen molar-refractivity contribution in [1.82, 2.24) is 0 Å². The van der Waals surface area contributed by atoms with Crippen molar-refractivity contribution < 1.29 is 58.9 Å². The van der Waals surface area contributed by atoms with E-state index in [9.17, 15) is 39.9 Å². The third kappa shape index (κ3) is 8.12. The lowest BCUT2D eigenvalue weighted by molar-refractivity contribution is -0.113. The van der Waals surface area contributed by atoms with Gasteiger partial charge < -0.3 is 18.9 Å². The molecule has 1 aliphatic carbocycles. The number of hydrogen-bond acceptors (Lipinski definition) is 5. The average Bonchev–Trinajstić information content (AvgIpc) is 2.79. The highest BCUT2D eigenvalue weighted by atomic mass is 19.3. The molecule has 0 spiro atoms. The number of Topliss-reactive ketones (excluding diaryl/α,β-unsaturated/α-hetero) is 1. The zero-order valence-corrected chi connectivity index (χ0v) is 19.5. The van der Waals surface area contributed by atoms with E-state index in [4.69, 9.17) is 0 Å². The van der Waals surface area contributed by atoms with Crippen LogP contribution in [-0.4, -0.2) is 32.2 Å². The first kappa shape index (κ1) is 28.8. The summed E-state index contributed by atoms with van der Waals surface area (Å²) in [6.45, 7) is -11.4. The minimum atomic E-state index is -3.32. The lowest BCUT2D eigenvalue weighted by Gasteiger charge is -2.23. The predicted molar refractivity (Wildman–Crippen MR) is 119 cm³/mol. The average molecular weight is 552 g/mol. The van der Waals surface area contributed by atoms with Gasteiger partial charge in [-0.15, -0.1) is 0 Å². The number of carbonyl (C=O) groups excluding carboxylic acids is 1. The summed E-state index contributed by atoms with van der Waals surface area (Å²) in [6, 6.07) is 6.57. The summed E-state index contributed by atoms with van der Waals surface area (Å²) < 4.78 is 118. The number of halogens is 8. The lowest BCUT2D eigenvalue weighted by atomic mass is 9.81. The number of rotatable bonds is 10. The number of alkyl halides is 8. The molecule has 1 fully saturated rings. The standard InChI is InChI=1S/C25H20F8O5/c1-12-6-15(8-13-2-4-17(35-22(26)27)19(10-13)37-24(30)31)21(34)16(7-12)9-14-3-5-18(36-23(28)29)20(11-14)38-25(32)33/h2-5,8-12,22-25H,6-7H2,1H3. The normalized spacial score (nSPS) is 18.2. The molecule has 13 heteroatoms. The second-order valence-electron chi connectivity index (χ2n) is 8.11. The summed E-state index contributed by atoms with van der Waals surface area (Å²) in [5, 5.41) is 0. The molecule has 0 bridgehead atoms. The van der Waals surface area contributed by atoms with E-state index in [0.29, 0.717) is 0 Å². The van der Waals surface area contributed by atoms with Crippen molar-refractivity contribution in [2.45, 2.75) is 46.2 Å². The second kappa shape index (κ2) is 12.7. The fourth-order valence-electron chi connectivity index (χ4n) is 3.86. The van der Waals surface area contributed by atoms with Gasteiger partial charge in [-0.3, -0.25) is 4.79 Å². The van der Waals surface area contributed by atoms with Crippen LogP contribution >= 0.6 is 0 Å². The Morgan fingerprint density at radius 3 is 1.32 bits per heavy atom. The smallest absolute Gasteiger partial charge is 0.387 e. The monoisotopic (exact) mass is 552 g/mol. The van der Waals surface area contributed by atoms with Crippen LogP contribution in [0.15, 0.2) is 47.5 Å². The predicted octanol–water partition coefficient (Wildman–Crippen LogP) is 7.56. The van der Waals surface area contributed by atoms with E-state index in [-0.39, 0.29) is 41.0 Å². The second-order valence-corrected chi connectivity index (χ2v) is 8.11. The summed E-state index contributed by atoms with van der Waals surface area (Å²) in [7, 11) is 0. The summed E-state index contributed by atoms with van der Waals surface area (Å²) in [5.41, 5.74) is 0.893. The Balaban J connectivity index is 1.94. The van der Waals surface area contributed by atoms with Gasteiger partial charge in [0.1, 0.15) is 0 Å². The maximum Gasteiger partial charge on any atom is 0.387 e. The molecule has 0 unspecified atom stereocenters. The van der Waals surface area contributed by atoms with Crippen LogP contribution in [0.2, 0.25) is 0 Å². The van der Waals surface area contributed by atoms with Crippen molar-refractivity contribution in [3.63, 3.8) is 0 Å². The molecule has 206 valence electrons. The highest BCUT2D eigenvalue weighted by Gasteiger charge is 2.26. The number of ketones is 1. The minimum Gasteiger partial charge on any atom is -0.431 e. The van der Waals surface area contributed by atoms with Gasteiger partial charge in [0.05, 0.1) is 0 Å². The van der Waals surface area contributed by atoms with Crippen LogP contribution in [0.25, 0.3) is 12.2 Å². The zero-order valence-electron chi connectivity index (χ0n) is 19.5. The Morgan fingerprint density at radius 1 is 0.632 bits per heavy atom. The van der Waals surface area contributed by atoms with Gasteiger partial charge in [0.2, 0.25) is 0 Å². The van der Waals surface area contributed by atoms with Crippen molar-refractivity contribution in [3.8, 4) is 23.0 Å². The van der Waals surface area contributed by atoms with Crippen molar-refractivity contribution >= 4 is 17.9 Å². The summed E-state index contributed by atoms with van der Waals surface area (Å²) >= 11 is 0. The number of benzene rings is 2. The van der Waals surface area contributed by atoms with Gasteiger partial charge >= 0.3 is 26.4 Å². The maximum absolute atomic E-state index is 13.1. The van der Waals surface area contributed by atoms with Crippen LogP contribution in [0.3, 0.4) is 0 Å². The summed E-state index contributed by atoms with van der Waals surface area (Å²) in [5.74, 6) is -3.07. The Hall–Kier alpha value is -3.77. The van der Waals surface area contributed by atoms with Crippen LogP contribution in [0.1, 0.15) is 30.9 Å². The molecule has 5 nitrogen and oxygen atoms in total. The third-order valence-corrected chi connectivity index (χ3v) is 5.20. The van der Waals surface area contributed by atoms with Crippen LogP contribution in [0, 0.1) is 5.92 Å². The molecule has 0 radical (unpaired) electrons. The lowest BCUT2D eigenvalue weighted by Crippen LogP contribution is -2.18. The fourth-order valence-corrected chi connectivity index (χ4v) is 3.86. The summed E-state index contributed by atoms with van der Waals surface area (Å²) in [4.78, 5) is 13.1. The molecule has 38 heavy (non-hydrogen) atoms. The van der Waals surface area contributed by atoms with E-state index in [1.54, 1.807) is 0 Å². The van der Waals surface area contributed by atoms with E-state index in [1.807, 2.05) is 6.92 Å². The Morgan fingerprint density at radius 2 is 0.974 bits per heavy atom. The SMILES string of the molecule is CC1CC(=Cc2ccc(OC(F)F)c(OC(F)F)c2)C(=O)C(=Cc2ccc(OC(F)F)c(OC(F)F)c2)C1. The van der Waals surface area contributed by atoms with Crippen molar-refractivity contribution in [3.05, 3.63) is 58.7 Å². The Labute approximate surface area is 211 Å². The highest BCUT2D eigenvalue weighted by Crippen LogP contribution is 2.37. The molecule has 0 saturated heterocycles. The van der Waals surface area contributed by atoms with Gasteiger partial charge in [0.15, 0.2) is 28.8 Å². The first-order chi connectivity index (χ1) is 17.9. The van der Waals surface area contributed by atoms with E-state index in [1.165, 1.54) is 24.3 Å². The van der Waals surface area contributed by atoms with Crippen LogP contribution < -0.4 is 18.9 Å². The van der Waals surface area contributed by atoms with Crippen molar-refractivity contribution in [2.24, 2.45) is 5.92 Å². The van der Waals surface area contributed by atoms with E-state index < -0.39 is 55.2 Å². The quantitative estimate of drug-likeness (QED) is 0.225. The molecule has 0 aromatic heterocycles. The molecule has 2 aromatic rings. The topological polar surface area (TPSA) is 54.0 Å². The van der Waals surface area contributed by atoms with Crippen molar-refractivity contribution in [2.75, 3.05) is 0 Å². The molecule has 1 saturated carbocycles. The van der Waals surface area contributed by atoms with Gasteiger partial charge in [-0.2, -0.15) is 35.1 Å².